The molecule has 2 N–H and O–H groups in total. The van der Waals surface area contributed by atoms with Gasteiger partial charge in [0.05, 0.1) is 5.35 Å². The molecule has 0 radical (unpaired) electrons. The van der Waals surface area contributed by atoms with Crippen LogP contribution in [0.3, 0.4) is 0 Å². The van der Waals surface area contributed by atoms with E-state index in [9.17, 15) is 9.59 Å². The van der Waals surface area contributed by atoms with E-state index in [2.05, 4.69) is 22.3 Å². The maximum Gasteiger partial charge on any atom is 0.249 e. The lowest BCUT2D eigenvalue weighted by Gasteiger charge is -2.21. The third-order valence-electron chi connectivity index (χ3n) is 3.34. The lowest BCUT2D eigenvalue weighted by molar-refractivity contribution is -0.133. The Labute approximate surface area is 150 Å². The average Bonchev–Trinajstić information content (AvgIpc) is 2.86. The van der Waals surface area contributed by atoms with Gasteiger partial charge in [0, 0.05) is 18.7 Å². The van der Waals surface area contributed by atoms with Gasteiger partial charge in [-0.25, -0.2) is 0 Å². The van der Waals surface area contributed by atoms with Crippen LogP contribution in [0.2, 0.25) is 0 Å². The van der Waals surface area contributed by atoms with Crippen molar-refractivity contribution in [1.82, 2.24) is 15.1 Å². The molecule has 1 unspecified atom stereocenters. The molecule has 25 heavy (non-hydrogen) atoms. The quantitative estimate of drug-likeness (QED) is 0.818. The average molecular weight is 348 g/mol. The van der Waals surface area contributed by atoms with Gasteiger partial charge < -0.3 is 5.32 Å². The number of carbonyl (C=O) groups is 2. The van der Waals surface area contributed by atoms with Crippen molar-refractivity contribution in [3.05, 3.63) is 22.2 Å². The van der Waals surface area contributed by atoms with Crippen LogP contribution in [0.15, 0.2) is 11.6 Å². The minimum Gasteiger partial charge on any atom is -0.356 e. The number of hydrogen-bond donors (Lipinski definition) is 2. The lowest BCUT2D eigenvalue weighted by atomic mass is 10.1. The fourth-order valence-electron chi connectivity index (χ4n) is 2.10. The number of aromatic nitrogens is 2. The molecule has 140 valence electrons. The van der Waals surface area contributed by atoms with Crippen LogP contribution in [-0.4, -0.2) is 27.6 Å². The van der Waals surface area contributed by atoms with Crippen LogP contribution < -0.4 is 21.2 Å². The Kier molecular flexibility index (Phi) is 10.2. The molecule has 0 saturated carbocycles. The Morgan fingerprint density at radius 2 is 1.88 bits per heavy atom. The first kappa shape index (κ1) is 22.6. The monoisotopic (exact) mass is 348 g/mol. The predicted octanol–water partition coefficient (Wildman–Crippen LogP) is 1.85. The van der Waals surface area contributed by atoms with Crippen molar-refractivity contribution >= 4 is 30.3 Å². The van der Waals surface area contributed by atoms with Gasteiger partial charge >= 0.3 is 0 Å². The Morgan fingerprint density at radius 1 is 1.28 bits per heavy atom. The van der Waals surface area contributed by atoms with E-state index in [1.54, 1.807) is 11.7 Å². The Hall–Kier alpha value is -2.37. The first-order chi connectivity index (χ1) is 11.9. The number of rotatable bonds is 3. The lowest BCUT2D eigenvalue weighted by Crippen LogP contribution is -2.48. The topological polar surface area (TPSA) is 76.0 Å². The highest BCUT2D eigenvalue weighted by Crippen LogP contribution is 2.08. The highest BCUT2D eigenvalue weighted by Gasteiger charge is 2.27. The molecular formula is C19H32N4O2. The molecule has 1 fully saturated rings. The van der Waals surface area contributed by atoms with Crippen molar-refractivity contribution in [3.8, 4) is 0 Å². The molecule has 0 spiro atoms. The first-order valence-corrected chi connectivity index (χ1v) is 8.86. The van der Waals surface area contributed by atoms with Gasteiger partial charge in [-0.15, -0.1) is 0 Å². The number of carbonyl (C=O) groups excluding carboxylic acids is 2. The van der Waals surface area contributed by atoms with E-state index in [0.717, 1.165) is 16.1 Å². The normalized spacial score (nSPS) is 16.8. The number of allylic oxidation sites excluding steroid dienone is 2. The first-order valence-electron chi connectivity index (χ1n) is 8.86. The second-order valence-corrected chi connectivity index (χ2v) is 5.39. The third-order valence-corrected chi connectivity index (χ3v) is 3.34. The molecule has 1 aromatic rings. The molecule has 6 nitrogen and oxygen atoms in total. The molecule has 0 bridgehead atoms. The van der Waals surface area contributed by atoms with Gasteiger partial charge in [-0.2, -0.15) is 5.10 Å². The molecule has 2 amide bonds. The highest BCUT2D eigenvalue weighted by molar-refractivity contribution is 6.01. The summed E-state index contributed by atoms with van der Waals surface area (Å²) in [6.45, 7) is 16.0. The van der Waals surface area contributed by atoms with E-state index in [-0.39, 0.29) is 11.8 Å². The largest absolute Gasteiger partial charge is 0.356 e. The van der Waals surface area contributed by atoms with Gasteiger partial charge in [-0.05, 0) is 26.3 Å². The Bertz CT molecular complexity index is 713. The van der Waals surface area contributed by atoms with Crippen LogP contribution in [0.4, 0.5) is 5.82 Å². The van der Waals surface area contributed by atoms with Crippen LogP contribution in [0.5, 0.6) is 0 Å². The van der Waals surface area contributed by atoms with E-state index in [0.29, 0.717) is 18.7 Å². The van der Waals surface area contributed by atoms with Crippen LogP contribution in [0.25, 0.3) is 12.7 Å². The van der Waals surface area contributed by atoms with Crippen LogP contribution >= 0.6 is 0 Å². The maximum absolute atomic E-state index is 11.8. The van der Waals surface area contributed by atoms with Gasteiger partial charge in [0.1, 0.15) is 6.04 Å². The molecule has 1 aromatic heterocycles. The van der Waals surface area contributed by atoms with Crippen LogP contribution in [-0.2, 0) is 16.6 Å². The summed E-state index contributed by atoms with van der Waals surface area (Å²) in [4.78, 5) is 23.0. The van der Waals surface area contributed by atoms with Crippen molar-refractivity contribution in [2.45, 2.75) is 60.4 Å². The van der Waals surface area contributed by atoms with E-state index >= 15 is 0 Å². The standard InChI is InChI=1S/C15H20N4O2.2C2H6/c1-9(2)5-6-11-10(3)19(4)18-14(11)16-12-7-8-13(20)17-15(12)21;2*1-2/h5-6,12H,3,7-8H2,1-2,4H3,(H,16,18)(H,17,20,21);2*1-2H3/b11-6+;;. The summed E-state index contributed by atoms with van der Waals surface area (Å²) in [5.74, 6) is 0.0680. The number of anilines is 1. The fourth-order valence-corrected chi connectivity index (χ4v) is 2.10. The molecule has 1 saturated heterocycles. The zero-order valence-electron chi connectivity index (χ0n) is 16.6. The van der Waals surface area contributed by atoms with Crippen molar-refractivity contribution in [2.24, 2.45) is 7.05 Å². The molecule has 0 aromatic carbocycles. The number of piperidine rings is 1. The van der Waals surface area contributed by atoms with E-state index in [1.165, 1.54) is 0 Å². The second-order valence-electron chi connectivity index (χ2n) is 5.39. The number of imide groups is 1. The van der Waals surface area contributed by atoms with Crippen LogP contribution in [0.1, 0.15) is 54.4 Å². The number of nitrogens with one attached hydrogen (secondary N) is 2. The summed E-state index contributed by atoms with van der Waals surface area (Å²) >= 11 is 0. The zero-order chi connectivity index (χ0) is 19.6. The van der Waals surface area contributed by atoms with Gasteiger partial charge in [-0.1, -0.05) is 45.9 Å². The fraction of sp³-hybridized carbons (Fsp3) is 0.526. The summed E-state index contributed by atoms with van der Waals surface area (Å²) in [6.07, 6.45) is 4.70. The van der Waals surface area contributed by atoms with Crippen LogP contribution in [0, 0.1) is 0 Å². The zero-order valence-corrected chi connectivity index (χ0v) is 16.6. The van der Waals surface area contributed by atoms with E-state index in [1.807, 2.05) is 53.7 Å². The van der Waals surface area contributed by atoms with Crippen molar-refractivity contribution in [2.75, 3.05) is 5.32 Å². The molecule has 1 atom stereocenters. The maximum atomic E-state index is 11.8. The summed E-state index contributed by atoms with van der Waals surface area (Å²) in [5, 5.41) is 11.4. The Morgan fingerprint density at radius 3 is 2.40 bits per heavy atom. The Balaban J connectivity index is 0.00000134. The molecule has 2 rings (SSSR count). The van der Waals surface area contributed by atoms with Gasteiger partial charge in [0.2, 0.25) is 11.8 Å². The second kappa shape index (κ2) is 11.2. The molecular weight excluding hydrogens is 316 g/mol. The third kappa shape index (κ3) is 6.57. The molecule has 1 aliphatic rings. The number of aryl methyl sites for hydroxylation is 1. The van der Waals surface area contributed by atoms with E-state index < -0.39 is 6.04 Å². The van der Waals surface area contributed by atoms with Gasteiger partial charge in [0.15, 0.2) is 5.82 Å². The summed E-state index contributed by atoms with van der Waals surface area (Å²) in [5.41, 5.74) is 1.16. The number of hydrogen-bond acceptors (Lipinski definition) is 4. The summed E-state index contributed by atoms with van der Waals surface area (Å²) < 4.78 is 1.67. The number of amides is 2. The van der Waals surface area contributed by atoms with Gasteiger partial charge in [0.25, 0.3) is 0 Å². The molecule has 2 heterocycles. The minimum absolute atomic E-state index is 0.228. The molecule has 1 aliphatic heterocycles. The van der Waals surface area contributed by atoms with Crippen molar-refractivity contribution < 1.29 is 9.59 Å². The van der Waals surface area contributed by atoms with Gasteiger partial charge in [-0.3, -0.25) is 19.6 Å². The number of nitrogens with zero attached hydrogens (tertiary/aromatic N) is 2. The van der Waals surface area contributed by atoms with Crippen molar-refractivity contribution in [1.29, 1.82) is 0 Å². The minimum atomic E-state index is -0.448. The molecule has 0 aliphatic carbocycles. The van der Waals surface area contributed by atoms with E-state index in [4.69, 9.17) is 0 Å². The molecule has 6 heteroatoms. The SMILES string of the molecule is C=c1/c(=C\C=C(C)C)c(NC2CCC(=O)NC2=O)nn1C.CC.CC. The smallest absolute Gasteiger partial charge is 0.249 e. The summed E-state index contributed by atoms with van der Waals surface area (Å²) in [7, 11) is 1.80. The summed E-state index contributed by atoms with van der Waals surface area (Å²) in [6, 6.07) is -0.448. The highest BCUT2D eigenvalue weighted by atomic mass is 16.2. The predicted molar refractivity (Wildman–Crippen MR) is 104 cm³/mol. The van der Waals surface area contributed by atoms with Crippen molar-refractivity contribution in [3.63, 3.8) is 0 Å².